The maximum atomic E-state index is 13.6. The van der Waals surface area contributed by atoms with E-state index in [0.29, 0.717) is 0 Å². The van der Waals surface area contributed by atoms with E-state index in [-0.39, 0.29) is 23.0 Å². The third-order valence-corrected chi connectivity index (χ3v) is 3.75. The predicted octanol–water partition coefficient (Wildman–Crippen LogP) is 3.23. The zero-order valence-corrected chi connectivity index (χ0v) is 15.3. The van der Waals surface area contributed by atoms with Gasteiger partial charge in [0.05, 0.1) is 18.2 Å². The van der Waals surface area contributed by atoms with E-state index < -0.39 is 30.3 Å². The van der Waals surface area contributed by atoms with E-state index >= 15 is 0 Å². The molecule has 0 saturated carbocycles. The molecule has 0 spiro atoms. The van der Waals surface area contributed by atoms with E-state index in [4.69, 9.17) is 16.3 Å². The van der Waals surface area contributed by atoms with E-state index in [1.165, 1.54) is 19.1 Å². The summed E-state index contributed by atoms with van der Waals surface area (Å²) in [6.45, 7) is 0.751. The molecular weight excluding hydrogens is 375 g/mol. The number of halogens is 2. The second-order valence-corrected chi connectivity index (χ2v) is 6.14. The highest BCUT2D eigenvalue weighted by molar-refractivity contribution is 6.30. The molecule has 6 nitrogen and oxygen atoms in total. The monoisotopic (exact) mass is 392 g/mol. The van der Waals surface area contributed by atoms with Gasteiger partial charge in [-0.2, -0.15) is 0 Å². The first kappa shape index (κ1) is 20.4. The molecule has 2 rings (SSSR count). The minimum absolute atomic E-state index is 0.107. The zero-order valence-electron chi connectivity index (χ0n) is 14.5. The Hall–Kier alpha value is -2.93. The molecule has 0 bridgehead atoms. The van der Waals surface area contributed by atoms with Crippen molar-refractivity contribution in [2.75, 3.05) is 11.9 Å². The summed E-state index contributed by atoms with van der Waals surface area (Å²) in [4.78, 5) is 35.2. The molecule has 0 aromatic heterocycles. The molecule has 2 amide bonds. The fourth-order valence-electron chi connectivity index (χ4n) is 2.33. The maximum Gasteiger partial charge on any atom is 0.308 e. The number of esters is 1. The molecule has 142 valence electrons. The topological polar surface area (TPSA) is 84.5 Å². The van der Waals surface area contributed by atoms with Crippen molar-refractivity contribution in [3.05, 3.63) is 64.9 Å². The standard InChI is InChI=1S/C19H18ClFN2O4/c1-12(24)22-16(13-5-3-2-4-6-13)10-19(26)27-11-18(25)23-17-9-14(20)7-8-15(17)21/h2-9,16H,10-11H2,1H3,(H,22,24)(H,23,25)/t16-/m0/s1. The van der Waals surface area contributed by atoms with E-state index in [9.17, 15) is 18.8 Å². The Morgan fingerprint density at radius 1 is 1.15 bits per heavy atom. The zero-order chi connectivity index (χ0) is 19.8. The van der Waals surface area contributed by atoms with Gasteiger partial charge in [0.15, 0.2) is 6.61 Å². The van der Waals surface area contributed by atoms with Crippen LogP contribution in [0.3, 0.4) is 0 Å². The molecule has 0 aliphatic rings. The number of hydrogen-bond acceptors (Lipinski definition) is 4. The molecule has 0 radical (unpaired) electrons. The summed E-state index contributed by atoms with van der Waals surface area (Å²) in [5, 5.41) is 5.20. The van der Waals surface area contributed by atoms with Gasteiger partial charge in [-0.1, -0.05) is 41.9 Å². The number of carbonyl (C=O) groups excluding carboxylic acids is 3. The van der Waals surface area contributed by atoms with Gasteiger partial charge >= 0.3 is 5.97 Å². The summed E-state index contributed by atoms with van der Waals surface area (Å²) in [6.07, 6.45) is -0.150. The Labute approximate surface area is 160 Å². The van der Waals surface area contributed by atoms with Gasteiger partial charge in [-0.25, -0.2) is 4.39 Å². The average Bonchev–Trinajstić information content (AvgIpc) is 2.63. The Kier molecular flexibility index (Phi) is 7.31. The molecule has 0 aliphatic carbocycles. The number of rotatable bonds is 7. The van der Waals surface area contributed by atoms with Gasteiger partial charge in [0.2, 0.25) is 5.91 Å². The molecule has 0 saturated heterocycles. The van der Waals surface area contributed by atoms with Crippen molar-refractivity contribution in [1.82, 2.24) is 5.32 Å². The lowest BCUT2D eigenvalue weighted by Gasteiger charge is -2.17. The van der Waals surface area contributed by atoms with Crippen LogP contribution in [0.4, 0.5) is 10.1 Å². The smallest absolute Gasteiger partial charge is 0.308 e. The second kappa shape index (κ2) is 9.68. The van der Waals surface area contributed by atoms with Crippen LogP contribution < -0.4 is 10.6 Å². The highest BCUT2D eigenvalue weighted by atomic mass is 35.5. The molecule has 2 aromatic rings. The lowest BCUT2D eigenvalue weighted by atomic mass is 10.0. The Morgan fingerprint density at radius 3 is 2.52 bits per heavy atom. The molecular formula is C19H18ClFN2O4. The van der Waals surface area contributed by atoms with Crippen molar-refractivity contribution in [3.8, 4) is 0 Å². The van der Waals surface area contributed by atoms with Crippen LogP contribution in [0.2, 0.25) is 5.02 Å². The van der Waals surface area contributed by atoms with Crippen molar-refractivity contribution in [2.24, 2.45) is 0 Å². The summed E-state index contributed by atoms with van der Waals surface area (Å²) < 4.78 is 18.5. The minimum atomic E-state index is -0.708. The van der Waals surface area contributed by atoms with Crippen molar-refractivity contribution < 1.29 is 23.5 Å². The molecule has 0 heterocycles. The fraction of sp³-hybridized carbons (Fsp3) is 0.211. The van der Waals surface area contributed by atoms with Crippen molar-refractivity contribution in [1.29, 1.82) is 0 Å². The van der Waals surface area contributed by atoms with Gasteiger partial charge in [-0.05, 0) is 23.8 Å². The van der Waals surface area contributed by atoms with Crippen LogP contribution >= 0.6 is 11.6 Å². The van der Waals surface area contributed by atoms with Crippen LogP contribution in [-0.2, 0) is 19.1 Å². The Morgan fingerprint density at radius 2 is 1.85 bits per heavy atom. The number of carbonyl (C=O) groups is 3. The van der Waals surface area contributed by atoms with E-state index in [0.717, 1.165) is 11.6 Å². The summed E-state index contributed by atoms with van der Waals surface area (Å²) in [6, 6.07) is 12.0. The Balaban J connectivity index is 1.90. The molecule has 1 atom stereocenters. The van der Waals surface area contributed by atoms with Crippen molar-refractivity contribution >= 4 is 35.1 Å². The molecule has 2 aromatic carbocycles. The van der Waals surface area contributed by atoms with E-state index in [1.54, 1.807) is 24.3 Å². The van der Waals surface area contributed by atoms with Crippen LogP contribution in [0.15, 0.2) is 48.5 Å². The summed E-state index contributed by atoms with van der Waals surface area (Å²) >= 11 is 5.75. The number of amides is 2. The lowest BCUT2D eigenvalue weighted by molar-refractivity contribution is -0.148. The third kappa shape index (κ3) is 6.71. The first-order valence-corrected chi connectivity index (χ1v) is 8.45. The first-order valence-electron chi connectivity index (χ1n) is 8.07. The number of nitrogens with one attached hydrogen (secondary N) is 2. The average molecular weight is 393 g/mol. The minimum Gasteiger partial charge on any atom is -0.455 e. The summed E-state index contributed by atoms with van der Waals surface area (Å²) in [5.74, 6) is -2.35. The van der Waals surface area contributed by atoms with Gasteiger partial charge in [-0.15, -0.1) is 0 Å². The number of benzene rings is 2. The summed E-state index contributed by atoms with van der Waals surface area (Å²) in [7, 11) is 0. The SMILES string of the molecule is CC(=O)N[C@@H](CC(=O)OCC(=O)Nc1cc(Cl)ccc1F)c1ccccc1. The maximum absolute atomic E-state index is 13.6. The van der Waals surface area contributed by atoms with Crippen molar-refractivity contribution in [2.45, 2.75) is 19.4 Å². The summed E-state index contributed by atoms with van der Waals surface area (Å²) in [5.41, 5.74) is 0.624. The van der Waals surface area contributed by atoms with E-state index in [1.807, 2.05) is 6.07 Å². The molecule has 0 aliphatic heterocycles. The fourth-order valence-corrected chi connectivity index (χ4v) is 2.51. The van der Waals surface area contributed by atoms with Gasteiger partial charge < -0.3 is 15.4 Å². The van der Waals surface area contributed by atoms with Crippen LogP contribution in [-0.4, -0.2) is 24.4 Å². The quantitative estimate of drug-likeness (QED) is 0.708. The molecule has 0 unspecified atom stereocenters. The van der Waals surface area contributed by atoms with Crippen LogP contribution in [0, 0.1) is 5.82 Å². The third-order valence-electron chi connectivity index (χ3n) is 3.52. The van der Waals surface area contributed by atoms with Gasteiger partial charge in [-0.3, -0.25) is 14.4 Å². The van der Waals surface area contributed by atoms with Crippen LogP contribution in [0.1, 0.15) is 24.9 Å². The highest BCUT2D eigenvalue weighted by Crippen LogP contribution is 2.20. The Bertz CT molecular complexity index is 830. The van der Waals surface area contributed by atoms with E-state index in [2.05, 4.69) is 10.6 Å². The first-order chi connectivity index (χ1) is 12.8. The molecule has 8 heteroatoms. The number of ether oxygens (including phenoxy) is 1. The number of hydrogen-bond donors (Lipinski definition) is 2. The van der Waals surface area contributed by atoms with Crippen LogP contribution in [0.25, 0.3) is 0 Å². The second-order valence-electron chi connectivity index (χ2n) is 5.70. The normalized spacial score (nSPS) is 11.4. The largest absolute Gasteiger partial charge is 0.455 e. The van der Waals surface area contributed by atoms with Crippen LogP contribution in [0.5, 0.6) is 0 Å². The number of anilines is 1. The van der Waals surface area contributed by atoms with Gasteiger partial charge in [0.25, 0.3) is 5.91 Å². The highest BCUT2D eigenvalue weighted by Gasteiger charge is 2.19. The molecule has 27 heavy (non-hydrogen) atoms. The van der Waals surface area contributed by atoms with Gasteiger partial charge in [0.1, 0.15) is 5.82 Å². The van der Waals surface area contributed by atoms with Gasteiger partial charge in [0, 0.05) is 11.9 Å². The molecule has 2 N–H and O–H groups in total. The lowest BCUT2D eigenvalue weighted by Crippen LogP contribution is -2.29. The molecule has 0 fully saturated rings. The van der Waals surface area contributed by atoms with Crippen molar-refractivity contribution in [3.63, 3.8) is 0 Å². The predicted molar refractivity (Wildman–Crippen MR) is 98.6 cm³/mol.